The molecular weight excluding hydrogens is 176 g/mol. The molecule has 1 aliphatic heterocycles. The van der Waals surface area contributed by atoms with E-state index in [2.05, 4.69) is 6.92 Å². The summed E-state index contributed by atoms with van der Waals surface area (Å²) >= 11 is 0. The molecule has 0 aromatic carbocycles. The van der Waals surface area contributed by atoms with Gasteiger partial charge >= 0.3 is 0 Å². The fourth-order valence-corrected chi connectivity index (χ4v) is 3.40. The van der Waals surface area contributed by atoms with Crippen molar-refractivity contribution in [2.45, 2.75) is 32.3 Å². The van der Waals surface area contributed by atoms with Crippen LogP contribution in [0.25, 0.3) is 0 Å². The topological polar surface area (TPSA) is 21.8 Å². The maximum atomic E-state index is 5.70. The molecule has 1 saturated heterocycles. The predicted molar refractivity (Wildman–Crippen MR) is 54.0 cm³/mol. The first kappa shape index (κ1) is 9.17. The molecule has 0 aromatic rings. The van der Waals surface area contributed by atoms with Crippen LogP contribution in [0.1, 0.15) is 26.2 Å². The van der Waals surface area contributed by atoms with Crippen LogP contribution >= 0.6 is 0 Å². The van der Waals surface area contributed by atoms with Crippen molar-refractivity contribution in [1.29, 1.82) is 0 Å². The molecule has 2 bridgehead atoms. The summed E-state index contributed by atoms with van der Waals surface area (Å²) in [7, 11) is 0. The third kappa shape index (κ3) is 1.70. The highest BCUT2D eigenvalue weighted by Crippen LogP contribution is 2.51. The quantitative estimate of drug-likeness (QED) is 0.642. The van der Waals surface area contributed by atoms with Crippen molar-refractivity contribution in [1.82, 2.24) is 0 Å². The van der Waals surface area contributed by atoms with Crippen LogP contribution in [0, 0.1) is 23.7 Å². The molecule has 0 radical (unpaired) electrons. The van der Waals surface area contributed by atoms with Gasteiger partial charge in [0.05, 0.1) is 13.2 Å². The second-order valence-corrected chi connectivity index (χ2v) is 5.46. The fraction of sp³-hybridized carbons (Fsp3) is 1.00. The highest BCUT2D eigenvalue weighted by Gasteiger charge is 2.43. The third-order valence-corrected chi connectivity index (χ3v) is 4.39. The fourth-order valence-electron chi connectivity index (χ4n) is 3.40. The smallest absolute Gasteiger partial charge is 0.104 e. The van der Waals surface area contributed by atoms with Gasteiger partial charge < -0.3 is 9.47 Å². The highest BCUT2D eigenvalue weighted by molar-refractivity contribution is 4.93. The van der Waals surface area contributed by atoms with Gasteiger partial charge in [0.25, 0.3) is 0 Å². The Labute approximate surface area is 86.0 Å². The molecule has 2 aliphatic carbocycles. The molecular formula is C12H20O2. The van der Waals surface area contributed by atoms with E-state index in [0.29, 0.717) is 6.10 Å². The molecule has 3 aliphatic rings. The summed E-state index contributed by atoms with van der Waals surface area (Å²) < 4.78 is 10.8. The van der Waals surface area contributed by atoms with E-state index in [9.17, 15) is 0 Å². The largest absolute Gasteiger partial charge is 0.378 e. The number of epoxide rings is 1. The maximum Gasteiger partial charge on any atom is 0.104 e. The number of hydrogen-bond acceptors (Lipinski definition) is 2. The van der Waals surface area contributed by atoms with E-state index in [4.69, 9.17) is 9.47 Å². The summed E-state index contributed by atoms with van der Waals surface area (Å²) in [4.78, 5) is 0. The Kier molecular flexibility index (Phi) is 2.29. The van der Waals surface area contributed by atoms with Crippen molar-refractivity contribution < 1.29 is 9.47 Å². The van der Waals surface area contributed by atoms with Gasteiger partial charge in [-0.15, -0.1) is 0 Å². The minimum atomic E-state index is 0.438. The van der Waals surface area contributed by atoms with Crippen molar-refractivity contribution in [3.05, 3.63) is 0 Å². The Hall–Kier alpha value is -0.0800. The molecule has 0 aromatic heterocycles. The van der Waals surface area contributed by atoms with Gasteiger partial charge in [0.1, 0.15) is 6.10 Å². The summed E-state index contributed by atoms with van der Waals surface area (Å²) in [5, 5.41) is 0. The molecule has 0 spiro atoms. The molecule has 3 fully saturated rings. The number of hydrogen-bond donors (Lipinski definition) is 0. The van der Waals surface area contributed by atoms with Crippen LogP contribution < -0.4 is 0 Å². The van der Waals surface area contributed by atoms with Crippen LogP contribution in [0.4, 0.5) is 0 Å². The van der Waals surface area contributed by atoms with Crippen LogP contribution in [-0.4, -0.2) is 25.9 Å². The van der Waals surface area contributed by atoms with Crippen LogP contribution in [0.15, 0.2) is 0 Å². The Bertz CT molecular complexity index is 210. The Morgan fingerprint density at radius 3 is 2.57 bits per heavy atom. The zero-order chi connectivity index (χ0) is 9.54. The van der Waals surface area contributed by atoms with Gasteiger partial charge in [-0.2, -0.15) is 0 Å². The van der Waals surface area contributed by atoms with Gasteiger partial charge in [0.2, 0.25) is 0 Å². The predicted octanol–water partition coefficient (Wildman–Crippen LogP) is 2.08. The van der Waals surface area contributed by atoms with Crippen molar-refractivity contribution in [3.8, 4) is 0 Å². The average molecular weight is 196 g/mol. The summed E-state index contributed by atoms with van der Waals surface area (Å²) in [6.45, 7) is 5.17. The van der Waals surface area contributed by atoms with Gasteiger partial charge in [-0.1, -0.05) is 6.92 Å². The van der Waals surface area contributed by atoms with Gasteiger partial charge in [0.15, 0.2) is 0 Å². The SMILES string of the molecule is CC1CC2CC1CC2COCC1CO1. The highest BCUT2D eigenvalue weighted by atomic mass is 16.6. The first-order chi connectivity index (χ1) is 6.83. The van der Waals surface area contributed by atoms with Crippen molar-refractivity contribution in [3.63, 3.8) is 0 Å². The molecule has 80 valence electrons. The van der Waals surface area contributed by atoms with E-state index >= 15 is 0 Å². The first-order valence-corrected chi connectivity index (χ1v) is 6.02. The van der Waals surface area contributed by atoms with Crippen molar-refractivity contribution >= 4 is 0 Å². The summed E-state index contributed by atoms with van der Waals surface area (Å²) in [6.07, 6.45) is 4.80. The second-order valence-electron chi connectivity index (χ2n) is 5.46. The number of fused-ring (bicyclic) bond motifs is 2. The zero-order valence-corrected chi connectivity index (χ0v) is 8.95. The van der Waals surface area contributed by atoms with E-state index in [0.717, 1.165) is 43.5 Å². The molecule has 5 atom stereocenters. The lowest BCUT2D eigenvalue weighted by atomic mass is 9.83. The lowest BCUT2D eigenvalue weighted by molar-refractivity contribution is 0.0630. The zero-order valence-electron chi connectivity index (χ0n) is 8.95. The Balaban J connectivity index is 1.42. The molecule has 5 unspecified atom stereocenters. The van der Waals surface area contributed by atoms with Gasteiger partial charge in [0, 0.05) is 6.61 Å². The lowest BCUT2D eigenvalue weighted by Crippen LogP contribution is -2.21. The third-order valence-electron chi connectivity index (χ3n) is 4.39. The average Bonchev–Trinajstić information content (AvgIpc) is 2.80. The molecule has 0 amide bonds. The first-order valence-electron chi connectivity index (χ1n) is 6.02. The van der Waals surface area contributed by atoms with E-state index in [1.165, 1.54) is 19.3 Å². The van der Waals surface area contributed by atoms with Gasteiger partial charge in [-0.25, -0.2) is 0 Å². The van der Waals surface area contributed by atoms with E-state index in [1.54, 1.807) is 0 Å². The summed E-state index contributed by atoms with van der Waals surface area (Å²) in [5.74, 6) is 3.86. The van der Waals surface area contributed by atoms with E-state index in [-0.39, 0.29) is 0 Å². The van der Waals surface area contributed by atoms with Crippen LogP contribution in [0.5, 0.6) is 0 Å². The van der Waals surface area contributed by atoms with E-state index < -0.39 is 0 Å². The van der Waals surface area contributed by atoms with Gasteiger partial charge in [-0.05, 0) is 42.9 Å². The molecule has 0 N–H and O–H groups in total. The van der Waals surface area contributed by atoms with Gasteiger partial charge in [-0.3, -0.25) is 0 Å². The van der Waals surface area contributed by atoms with Crippen molar-refractivity contribution in [2.75, 3.05) is 19.8 Å². The molecule has 2 saturated carbocycles. The molecule has 2 heteroatoms. The van der Waals surface area contributed by atoms with Crippen molar-refractivity contribution in [2.24, 2.45) is 23.7 Å². The molecule has 14 heavy (non-hydrogen) atoms. The Morgan fingerprint density at radius 1 is 1.14 bits per heavy atom. The summed E-state index contributed by atoms with van der Waals surface area (Å²) in [6, 6.07) is 0. The minimum Gasteiger partial charge on any atom is -0.378 e. The molecule has 3 rings (SSSR count). The normalized spacial score (nSPS) is 49.9. The lowest BCUT2D eigenvalue weighted by Gasteiger charge is -2.25. The van der Waals surface area contributed by atoms with Crippen LogP contribution in [0.3, 0.4) is 0 Å². The monoisotopic (exact) mass is 196 g/mol. The van der Waals surface area contributed by atoms with Crippen LogP contribution in [0.2, 0.25) is 0 Å². The minimum absolute atomic E-state index is 0.438. The standard InChI is InChI=1S/C12H20O2/c1-8-2-10-3-9(8)4-11(10)5-13-6-12-7-14-12/h8-12H,2-7H2,1H3. The molecule has 2 nitrogen and oxygen atoms in total. The summed E-state index contributed by atoms with van der Waals surface area (Å²) in [5.41, 5.74) is 0. The number of ether oxygens (including phenoxy) is 2. The van der Waals surface area contributed by atoms with E-state index in [1.807, 2.05) is 0 Å². The molecule has 1 heterocycles. The maximum absolute atomic E-state index is 5.70. The number of rotatable bonds is 4. The second kappa shape index (κ2) is 3.49. The Morgan fingerprint density at radius 2 is 2.00 bits per heavy atom. The van der Waals surface area contributed by atoms with Crippen LogP contribution in [-0.2, 0) is 9.47 Å².